The van der Waals surface area contributed by atoms with Crippen molar-refractivity contribution in [3.63, 3.8) is 0 Å². The van der Waals surface area contributed by atoms with Gasteiger partial charge >= 0.3 is 0 Å². The third-order valence-corrected chi connectivity index (χ3v) is 2.78. The molecule has 1 fully saturated rings. The highest BCUT2D eigenvalue weighted by molar-refractivity contribution is 5.60. The number of nitriles is 1. The van der Waals surface area contributed by atoms with Crippen LogP contribution in [-0.2, 0) is 0 Å². The molecule has 1 aromatic rings. The van der Waals surface area contributed by atoms with E-state index in [-0.39, 0.29) is 5.82 Å². The predicted octanol–water partition coefficient (Wildman–Crippen LogP) is 2.69. The number of nitrogens with zero attached hydrogens (tertiary/aromatic N) is 2. The van der Waals surface area contributed by atoms with Gasteiger partial charge in [0.15, 0.2) is 0 Å². The van der Waals surface area contributed by atoms with Gasteiger partial charge in [0.05, 0.1) is 11.3 Å². The first kappa shape index (κ1) is 9.97. The van der Waals surface area contributed by atoms with E-state index in [2.05, 4.69) is 6.07 Å². The summed E-state index contributed by atoms with van der Waals surface area (Å²) in [4.78, 5) is 1.98. The second-order valence-electron chi connectivity index (χ2n) is 3.80. The first-order valence-electron chi connectivity index (χ1n) is 5.26. The molecule has 2 nitrogen and oxygen atoms in total. The van der Waals surface area contributed by atoms with Crippen molar-refractivity contribution < 1.29 is 4.39 Å². The fourth-order valence-electron chi connectivity index (χ4n) is 2.04. The molecule has 0 spiro atoms. The van der Waals surface area contributed by atoms with Crippen LogP contribution in [0.1, 0.15) is 24.8 Å². The highest BCUT2D eigenvalue weighted by Crippen LogP contribution is 2.26. The highest BCUT2D eigenvalue weighted by atomic mass is 19.1. The molecule has 3 heteroatoms. The van der Waals surface area contributed by atoms with Gasteiger partial charge in [0.1, 0.15) is 11.9 Å². The van der Waals surface area contributed by atoms with E-state index in [1.54, 1.807) is 12.1 Å². The molecule has 0 unspecified atom stereocenters. The Hall–Kier alpha value is -1.56. The molecule has 0 amide bonds. The third kappa shape index (κ3) is 1.94. The average Bonchev–Trinajstić information content (AvgIpc) is 2.29. The smallest absolute Gasteiger partial charge is 0.147 e. The summed E-state index contributed by atoms with van der Waals surface area (Å²) < 4.78 is 13.6. The molecule has 1 aliphatic rings. The van der Waals surface area contributed by atoms with E-state index in [1.807, 2.05) is 4.90 Å². The van der Waals surface area contributed by atoms with Crippen LogP contribution in [-0.4, -0.2) is 13.1 Å². The molecule has 2 rings (SSSR count). The van der Waals surface area contributed by atoms with E-state index >= 15 is 0 Å². The molecule has 0 aromatic heterocycles. The Morgan fingerprint density at radius 2 is 1.93 bits per heavy atom. The lowest BCUT2D eigenvalue weighted by atomic mass is 10.1. The van der Waals surface area contributed by atoms with Gasteiger partial charge in [0, 0.05) is 13.1 Å². The minimum Gasteiger partial charge on any atom is -0.368 e. The molecule has 0 N–H and O–H groups in total. The number of benzene rings is 1. The number of piperidine rings is 1. The van der Waals surface area contributed by atoms with Gasteiger partial charge in [0.2, 0.25) is 0 Å². The summed E-state index contributed by atoms with van der Waals surface area (Å²) in [6.45, 7) is 1.71. The summed E-state index contributed by atoms with van der Waals surface area (Å²) in [5, 5.41) is 8.93. The minimum absolute atomic E-state index is 0.282. The van der Waals surface area contributed by atoms with Crippen molar-refractivity contribution in [2.24, 2.45) is 0 Å². The second kappa shape index (κ2) is 4.31. The quantitative estimate of drug-likeness (QED) is 0.703. The lowest BCUT2D eigenvalue weighted by Crippen LogP contribution is -2.30. The van der Waals surface area contributed by atoms with Crippen molar-refractivity contribution in [3.05, 3.63) is 29.6 Å². The average molecular weight is 204 g/mol. The van der Waals surface area contributed by atoms with Crippen molar-refractivity contribution in [3.8, 4) is 6.07 Å². The zero-order valence-corrected chi connectivity index (χ0v) is 8.54. The molecule has 0 bridgehead atoms. The summed E-state index contributed by atoms with van der Waals surface area (Å²) in [5.41, 5.74) is 0.927. The molecule has 0 aliphatic carbocycles. The Labute approximate surface area is 88.9 Å². The number of hydrogen-bond acceptors (Lipinski definition) is 2. The summed E-state index contributed by atoms with van der Waals surface area (Å²) in [6, 6.07) is 6.73. The number of halogens is 1. The van der Waals surface area contributed by atoms with Crippen LogP contribution in [0.25, 0.3) is 0 Å². The van der Waals surface area contributed by atoms with Crippen LogP contribution in [0.15, 0.2) is 18.2 Å². The molecule has 0 atom stereocenters. The van der Waals surface area contributed by atoms with Gasteiger partial charge in [-0.25, -0.2) is 4.39 Å². The maximum absolute atomic E-state index is 13.6. The number of para-hydroxylation sites is 1. The van der Waals surface area contributed by atoms with E-state index in [9.17, 15) is 4.39 Å². The summed E-state index contributed by atoms with van der Waals surface area (Å²) in [7, 11) is 0. The molecule has 1 aromatic carbocycles. The van der Waals surface area contributed by atoms with Gasteiger partial charge in [-0.05, 0) is 31.4 Å². The maximum Gasteiger partial charge on any atom is 0.147 e. The molecule has 1 aliphatic heterocycles. The van der Waals surface area contributed by atoms with Crippen molar-refractivity contribution in [1.82, 2.24) is 0 Å². The zero-order chi connectivity index (χ0) is 10.7. The summed E-state index contributed by atoms with van der Waals surface area (Å²) >= 11 is 0. The molecule has 1 heterocycles. The highest BCUT2D eigenvalue weighted by Gasteiger charge is 2.17. The third-order valence-electron chi connectivity index (χ3n) is 2.78. The predicted molar refractivity (Wildman–Crippen MR) is 57.2 cm³/mol. The van der Waals surface area contributed by atoms with Crippen LogP contribution in [0.4, 0.5) is 10.1 Å². The lowest BCUT2D eigenvalue weighted by molar-refractivity contribution is 0.556. The molecule has 78 valence electrons. The van der Waals surface area contributed by atoms with Crippen LogP contribution in [0, 0.1) is 17.1 Å². The van der Waals surface area contributed by atoms with Crippen LogP contribution >= 0.6 is 0 Å². The summed E-state index contributed by atoms with van der Waals surface area (Å²) in [6.07, 6.45) is 3.37. The largest absolute Gasteiger partial charge is 0.368 e. The Kier molecular flexibility index (Phi) is 2.86. The van der Waals surface area contributed by atoms with Crippen molar-refractivity contribution in [2.45, 2.75) is 19.3 Å². The van der Waals surface area contributed by atoms with Gasteiger partial charge in [-0.15, -0.1) is 0 Å². The maximum atomic E-state index is 13.6. The van der Waals surface area contributed by atoms with E-state index in [1.165, 1.54) is 12.5 Å². The normalized spacial score (nSPS) is 16.1. The molecular weight excluding hydrogens is 191 g/mol. The molecule has 15 heavy (non-hydrogen) atoms. The zero-order valence-electron chi connectivity index (χ0n) is 8.54. The first-order chi connectivity index (χ1) is 7.33. The van der Waals surface area contributed by atoms with Crippen molar-refractivity contribution in [2.75, 3.05) is 18.0 Å². The monoisotopic (exact) mass is 204 g/mol. The Balaban J connectivity index is 2.37. The van der Waals surface area contributed by atoms with E-state index < -0.39 is 0 Å². The number of rotatable bonds is 1. The van der Waals surface area contributed by atoms with E-state index in [0.717, 1.165) is 25.9 Å². The van der Waals surface area contributed by atoms with Gasteiger partial charge in [0.25, 0.3) is 0 Å². The van der Waals surface area contributed by atoms with Crippen LogP contribution < -0.4 is 4.90 Å². The van der Waals surface area contributed by atoms with Gasteiger partial charge < -0.3 is 4.90 Å². The first-order valence-corrected chi connectivity index (χ1v) is 5.26. The van der Waals surface area contributed by atoms with Gasteiger partial charge in [-0.2, -0.15) is 5.26 Å². The van der Waals surface area contributed by atoms with Crippen molar-refractivity contribution >= 4 is 5.69 Å². The Morgan fingerprint density at radius 1 is 1.20 bits per heavy atom. The fourth-order valence-corrected chi connectivity index (χ4v) is 2.04. The molecule has 0 saturated carbocycles. The van der Waals surface area contributed by atoms with Crippen molar-refractivity contribution in [1.29, 1.82) is 5.26 Å². The Morgan fingerprint density at radius 3 is 2.60 bits per heavy atom. The van der Waals surface area contributed by atoms with E-state index in [0.29, 0.717) is 11.3 Å². The minimum atomic E-state index is -0.282. The topological polar surface area (TPSA) is 27.0 Å². The lowest BCUT2D eigenvalue weighted by Gasteiger charge is -2.29. The van der Waals surface area contributed by atoms with Crippen LogP contribution in [0.3, 0.4) is 0 Å². The standard InChI is InChI=1S/C12H13FN2/c13-11-6-4-5-10(9-14)12(11)15-7-2-1-3-8-15/h4-6H,1-3,7-8H2. The number of anilines is 1. The Bertz CT molecular complexity index is 389. The fraction of sp³-hybridized carbons (Fsp3) is 0.417. The number of hydrogen-bond donors (Lipinski definition) is 0. The molecule has 1 saturated heterocycles. The molecular formula is C12H13FN2. The summed E-state index contributed by atoms with van der Waals surface area (Å²) in [5.74, 6) is -0.282. The van der Waals surface area contributed by atoms with E-state index in [4.69, 9.17) is 5.26 Å². The molecule has 0 radical (unpaired) electrons. The van der Waals surface area contributed by atoms with Crippen LogP contribution in [0.2, 0.25) is 0 Å². The van der Waals surface area contributed by atoms with Gasteiger partial charge in [-0.3, -0.25) is 0 Å². The SMILES string of the molecule is N#Cc1cccc(F)c1N1CCCCC1. The van der Waals surface area contributed by atoms with Crippen LogP contribution in [0.5, 0.6) is 0 Å². The van der Waals surface area contributed by atoms with Gasteiger partial charge in [-0.1, -0.05) is 6.07 Å². The second-order valence-corrected chi connectivity index (χ2v) is 3.80.